The van der Waals surface area contributed by atoms with Crippen molar-refractivity contribution in [3.63, 3.8) is 0 Å². The quantitative estimate of drug-likeness (QED) is 0.873. The highest BCUT2D eigenvalue weighted by Crippen LogP contribution is 2.26. The summed E-state index contributed by atoms with van der Waals surface area (Å²) in [6.45, 7) is 3.00. The van der Waals surface area contributed by atoms with Gasteiger partial charge in [-0.15, -0.1) is 0 Å². The van der Waals surface area contributed by atoms with E-state index in [-0.39, 0.29) is 6.04 Å². The van der Waals surface area contributed by atoms with Crippen LogP contribution in [-0.4, -0.2) is 20.8 Å². The molecule has 1 atom stereocenters. The average molecular weight is 271 g/mol. The van der Waals surface area contributed by atoms with Crippen LogP contribution in [0, 0.1) is 0 Å². The van der Waals surface area contributed by atoms with Gasteiger partial charge in [0.05, 0.1) is 20.3 Å². The lowest BCUT2D eigenvalue weighted by molar-refractivity contribution is 0.413. The molecule has 106 valence electrons. The normalized spacial score (nSPS) is 11.9. The minimum absolute atomic E-state index is 0.154. The molecule has 0 saturated carbocycles. The maximum Gasteiger partial charge on any atom is 0.119 e. The monoisotopic (exact) mass is 271 g/mol. The van der Waals surface area contributed by atoms with Crippen LogP contribution in [0.5, 0.6) is 11.5 Å². The van der Waals surface area contributed by atoms with Crippen LogP contribution >= 0.6 is 0 Å². The highest BCUT2D eigenvalue weighted by atomic mass is 16.5. The molecule has 0 fully saturated rings. The standard InChI is InChI=1S/C17H21NO2/c1-4-18-17(13-8-10-15(19-2)11-9-13)14-6-5-7-16(12-14)20-3/h5-12,17-18H,4H2,1-3H3. The molecule has 2 rings (SSSR count). The number of rotatable bonds is 6. The van der Waals surface area contributed by atoms with Gasteiger partial charge in [0, 0.05) is 0 Å². The Hall–Kier alpha value is -2.00. The van der Waals surface area contributed by atoms with E-state index in [1.54, 1.807) is 14.2 Å². The predicted molar refractivity (Wildman–Crippen MR) is 81.5 cm³/mol. The molecule has 0 aliphatic carbocycles. The minimum Gasteiger partial charge on any atom is -0.497 e. The Bertz CT molecular complexity index is 537. The van der Waals surface area contributed by atoms with Gasteiger partial charge in [0.1, 0.15) is 11.5 Å². The fourth-order valence-corrected chi connectivity index (χ4v) is 2.25. The Kier molecular flexibility index (Phi) is 5.02. The van der Waals surface area contributed by atoms with Crippen LogP contribution in [-0.2, 0) is 0 Å². The van der Waals surface area contributed by atoms with Gasteiger partial charge in [-0.3, -0.25) is 0 Å². The lowest BCUT2D eigenvalue weighted by Gasteiger charge is -2.19. The summed E-state index contributed by atoms with van der Waals surface area (Å²) >= 11 is 0. The maximum atomic E-state index is 5.31. The first-order valence-corrected chi connectivity index (χ1v) is 6.79. The van der Waals surface area contributed by atoms with Crippen LogP contribution in [0.3, 0.4) is 0 Å². The molecule has 0 aliphatic heterocycles. The van der Waals surface area contributed by atoms with E-state index >= 15 is 0 Å². The Morgan fingerprint density at radius 3 is 2.20 bits per heavy atom. The van der Waals surface area contributed by atoms with E-state index in [0.29, 0.717) is 0 Å². The van der Waals surface area contributed by atoms with Gasteiger partial charge in [0.25, 0.3) is 0 Å². The molecular formula is C17H21NO2. The van der Waals surface area contributed by atoms with E-state index in [0.717, 1.165) is 18.0 Å². The molecule has 1 N–H and O–H groups in total. The second-order valence-corrected chi connectivity index (χ2v) is 4.54. The van der Waals surface area contributed by atoms with Crippen LogP contribution in [0.25, 0.3) is 0 Å². The van der Waals surface area contributed by atoms with Gasteiger partial charge in [-0.25, -0.2) is 0 Å². The zero-order valence-corrected chi connectivity index (χ0v) is 12.2. The molecule has 0 radical (unpaired) electrons. The first-order valence-electron chi connectivity index (χ1n) is 6.79. The molecule has 0 spiro atoms. The summed E-state index contributed by atoms with van der Waals surface area (Å²) in [5.74, 6) is 1.74. The van der Waals surface area contributed by atoms with Crippen molar-refractivity contribution < 1.29 is 9.47 Å². The van der Waals surface area contributed by atoms with E-state index in [2.05, 4.69) is 36.5 Å². The molecular weight excluding hydrogens is 250 g/mol. The van der Waals surface area contributed by atoms with Crippen LogP contribution in [0.2, 0.25) is 0 Å². The molecule has 3 nitrogen and oxygen atoms in total. The summed E-state index contributed by atoms with van der Waals surface area (Å²) < 4.78 is 10.5. The van der Waals surface area contributed by atoms with E-state index in [4.69, 9.17) is 9.47 Å². The molecule has 2 aromatic rings. The Labute approximate surface area is 120 Å². The van der Waals surface area contributed by atoms with Crippen molar-refractivity contribution in [2.45, 2.75) is 13.0 Å². The van der Waals surface area contributed by atoms with Gasteiger partial charge >= 0.3 is 0 Å². The third kappa shape index (κ3) is 3.31. The second kappa shape index (κ2) is 6.96. The predicted octanol–water partition coefficient (Wildman–Crippen LogP) is 3.40. The van der Waals surface area contributed by atoms with Gasteiger partial charge in [-0.2, -0.15) is 0 Å². The van der Waals surface area contributed by atoms with Gasteiger partial charge < -0.3 is 14.8 Å². The first-order chi connectivity index (χ1) is 9.78. The highest BCUT2D eigenvalue weighted by molar-refractivity contribution is 5.38. The summed E-state index contributed by atoms with van der Waals surface area (Å²) in [6, 6.07) is 16.5. The van der Waals surface area contributed by atoms with Crippen molar-refractivity contribution in [3.8, 4) is 11.5 Å². The third-order valence-corrected chi connectivity index (χ3v) is 3.28. The summed E-state index contributed by atoms with van der Waals surface area (Å²) in [5.41, 5.74) is 2.40. The van der Waals surface area contributed by atoms with E-state index in [1.807, 2.05) is 24.3 Å². The second-order valence-electron chi connectivity index (χ2n) is 4.54. The summed E-state index contributed by atoms with van der Waals surface area (Å²) in [4.78, 5) is 0. The number of benzene rings is 2. The summed E-state index contributed by atoms with van der Waals surface area (Å²) in [5, 5.41) is 3.51. The molecule has 0 aromatic heterocycles. The average Bonchev–Trinajstić information content (AvgIpc) is 2.53. The smallest absolute Gasteiger partial charge is 0.119 e. The number of methoxy groups -OCH3 is 2. The van der Waals surface area contributed by atoms with Crippen molar-refractivity contribution in [1.29, 1.82) is 0 Å². The van der Waals surface area contributed by atoms with Gasteiger partial charge in [0.2, 0.25) is 0 Å². The molecule has 0 saturated heterocycles. The lowest BCUT2D eigenvalue weighted by atomic mass is 9.98. The highest BCUT2D eigenvalue weighted by Gasteiger charge is 2.13. The topological polar surface area (TPSA) is 30.5 Å². The molecule has 0 heterocycles. The van der Waals surface area contributed by atoms with Gasteiger partial charge in [0.15, 0.2) is 0 Å². The molecule has 2 aromatic carbocycles. The van der Waals surface area contributed by atoms with Gasteiger partial charge in [-0.05, 0) is 41.9 Å². The maximum absolute atomic E-state index is 5.31. The number of hydrogen-bond donors (Lipinski definition) is 1. The van der Waals surface area contributed by atoms with E-state index in [9.17, 15) is 0 Å². The van der Waals surface area contributed by atoms with Crippen LogP contribution < -0.4 is 14.8 Å². The SMILES string of the molecule is CCNC(c1ccc(OC)cc1)c1cccc(OC)c1. The van der Waals surface area contributed by atoms with Crippen molar-refractivity contribution in [2.24, 2.45) is 0 Å². The van der Waals surface area contributed by atoms with Crippen LogP contribution in [0.15, 0.2) is 48.5 Å². The largest absolute Gasteiger partial charge is 0.497 e. The summed E-state index contributed by atoms with van der Waals surface area (Å²) in [6.07, 6.45) is 0. The number of hydrogen-bond acceptors (Lipinski definition) is 3. The van der Waals surface area contributed by atoms with E-state index in [1.165, 1.54) is 11.1 Å². The Balaban J connectivity index is 2.33. The molecule has 20 heavy (non-hydrogen) atoms. The van der Waals surface area contributed by atoms with Crippen molar-refractivity contribution >= 4 is 0 Å². The third-order valence-electron chi connectivity index (χ3n) is 3.28. The zero-order valence-electron chi connectivity index (χ0n) is 12.2. The minimum atomic E-state index is 0.154. The van der Waals surface area contributed by atoms with E-state index < -0.39 is 0 Å². The molecule has 0 amide bonds. The molecule has 3 heteroatoms. The fourth-order valence-electron chi connectivity index (χ4n) is 2.25. The fraction of sp³-hybridized carbons (Fsp3) is 0.294. The van der Waals surface area contributed by atoms with Crippen LogP contribution in [0.4, 0.5) is 0 Å². The first kappa shape index (κ1) is 14.4. The Morgan fingerprint density at radius 2 is 1.60 bits per heavy atom. The van der Waals surface area contributed by atoms with Gasteiger partial charge in [-0.1, -0.05) is 31.2 Å². The number of ether oxygens (including phenoxy) is 2. The molecule has 0 aliphatic rings. The Morgan fingerprint density at radius 1 is 0.900 bits per heavy atom. The van der Waals surface area contributed by atoms with Crippen LogP contribution in [0.1, 0.15) is 24.1 Å². The number of nitrogens with one attached hydrogen (secondary N) is 1. The lowest BCUT2D eigenvalue weighted by Crippen LogP contribution is -2.21. The van der Waals surface area contributed by atoms with Crippen molar-refractivity contribution in [1.82, 2.24) is 5.32 Å². The van der Waals surface area contributed by atoms with Crippen molar-refractivity contribution in [2.75, 3.05) is 20.8 Å². The zero-order chi connectivity index (χ0) is 14.4. The summed E-state index contributed by atoms with van der Waals surface area (Å²) in [7, 11) is 3.37. The van der Waals surface area contributed by atoms with Crippen molar-refractivity contribution in [3.05, 3.63) is 59.7 Å². The molecule has 1 unspecified atom stereocenters. The molecule has 0 bridgehead atoms.